The Balaban J connectivity index is 2.91. The van der Waals surface area contributed by atoms with Gasteiger partial charge in [0, 0.05) is 0 Å². The first kappa shape index (κ1) is 12.1. The number of carbonyl (C=O) groups excluding carboxylic acids is 1. The van der Waals surface area contributed by atoms with Gasteiger partial charge in [0.2, 0.25) is 0 Å². The van der Waals surface area contributed by atoms with E-state index in [9.17, 15) is 4.79 Å². The van der Waals surface area contributed by atoms with Crippen molar-refractivity contribution in [2.45, 2.75) is 37.9 Å². The normalized spacial score (nSPS) is 24.2. The Morgan fingerprint density at radius 1 is 1.67 bits per heavy atom. The van der Waals surface area contributed by atoms with Crippen LogP contribution in [0.2, 0.25) is 0 Å². The van der Waals surface area contributed by atoms with Gasteiger partial charge in [-0.05, 0) is 19.8 Å². The molecule has 0 bridgehead atoms. The first-order valence-electron chi connectivity index (χ1n) is 5.16. The van der Waals surface area contributed by atoms with Gasteiger partial charge in [-0.2, -0.15) is 5.26 Å². The van der Waals surface area contributed by atoms with Crippen LogP contribution in [0, 0.1) is 11.3 Å². The van der Waals surface area contributed by atoms with Crippen LogP contribution in [0.3, 0.4) is 0 Å². The second kappa shape index (κ2) is 5.82. The van der Waals surface area contributed by atoms with E-state index in [1.807, 2.05) is 6.07 Å². The quantitative estimate of drug-likeness (QED) is 0.311. The molecule has 0 aromatic rings. The van der Waals surface area contributed by atoms with Gasteiger partial charge < -0.3 is 17.4 Å². The van der Waals surface area contributed by atoms with E-state index in [0.717, 1.165) is 31.3 Å². The highest BCUT2D eigenvalue weighted by Gasteiger charge is 2.19. The number of carbonyl (C=O) groups is 1. The molecule has 0 radical (unpaired) electrons. The van der Waals surface area contributed by atoms with Crippen LogP contribution in [0.25, 0.3) is 0 Å². The molecule has 1 aliphatic rings. The summed E-state index contributed by atoms with van der Waals surface area (Å²) in [5, 5.41) is 8.87. The number of hydrogen-bond acceptors (Lipinski definition) is 4. The summed E-state index contributed by atoms with van der Waals surface area (Å²) in [7, 11) is 0. The van der Waals surface area contributed by atoms with E-state index >= 15 is 0 Å². The van der Waals surface area contributed by atoms with Gasteiger partial charge in [0.25, 0.3) is 0 Å². The minimum absolute atomic E-state index is 0.0715. The molecule has 0 N–H and O–H groups in total. The Kier molecular flexibility index (Phi) is 4.70. The Hall–Kier alpha value is -0.950. The summed E-state index contributed by atoms with van der Waals surface area (Å²) in [5.41, 5.74) is 0.939. The lowest BCUT2D eigenvalue weighted by atomic mass is 9.91. The second-order valence-corrected chi connectivity index (χ2v) is 4.04. The highest BCUT2D eigenvalue weighted by Crippen LogP contribution is 2.27. The summed E-state index contributed by atoms with van der Waals surface area (Å²) >= 11 is 5.24. The lowest BCUT2D eigenvalue weighted by Gasteiger charge is -2.31. The highest BCUT2D eigenvalue weighted by atomic mass is 32.1. The minimum atomic E-state index is -0.522. The van der Waals surface area contributed by atoms with Crippen molar-refractivity contribution in [1.82, 2.24) is 0 Å². The molecule has 0 aliphatic heterocycles. The molecule has 0 aromatic carbocycles. The summed E-state index contributed by atoms with van der Waals surface area (Å²) in [6, 6.07) is 1.93. The van der Waals surface area contributed by atoms with E-state index in [1.165, 1.54) is 0 Å². The monoisotopic (exact) mass is 224 g/mol. The fraction of sp³-hybridized carbons (Fsp3) is 0.636. The van der Waals surface area contributed by atoms with Crippen molar-refractivity contribution in [3.05, 3.63) is 11.1 Å². The molecular weight excluding hydrogens is 210 g/mol. The van der Waals surface area contributed by atoms with E-state index in [4.69, 9.17) is 22.6 Å². The third kappa shape index (κ3) is 3.00. The third-order valence-electron chi connectivity index (χ3n) is 2.46. The van der Waals surface area contributed by atoms with Crippen molar-refractivity contribution in [3.8, 4) is 6.07 Å². The predicted octanol–water partition coefficient (Wildman–Crippen LogP) is 1.86. The van der Waals surface area contributed by atoms with Crippen molar-refractivity contribution >= 4 is 18.6 Å². The largest absolute Gasteiger partial charge is 0.785 e. The van der Waals surface area contributed by atoms with E-state index < -0.39 is 5.97 Å². The SMILES string of the molecule is CCOC(=O)/C(C#N)=C1\CCCCC1[S-]. The lowest BCUT2D eigenvalue weighted by molar-refractivity contribution is -0.138. The Bertz CT molecular complexity index is 317. The Morgan fingerprint density at radius 3 is 2.93 bits per heavy atom. The average molecular weight is 224 g/mol. The maximum absolute atomic E-state index is 11.5. The van der Waals surface area contributed by atoms with E-state index in [-0.39, 0.29) is 10.8 Å². The lowest BCUT2D eigenvalue weighted by Crippen LogP contribution is -2.19. The summed E-state index contributed by atoms with van der Waals surface area (Å²) in [4.78, 5) is 11.5. The maximum atomic E-state index is 11.5. The minimum Gasteiger partial charge on any atom is -0.785 e. The van der Waals surface area contributed by atoms with Crippen LogP contribution < -0.4 is 0 Å². The zero-order valence-electron chi connectivity index (χ0n) is 8.78. The van der Waals surface area contributed by atoms with Crippen LogP contribution in [0.4, 0.5) is 0 Å². The van der Waals surface area contributed by atoms with E-state index in [1.54, 1.807) is 6.92 Å². The Morgan fingerprint density at radius 2 is 2.40 bits per heavy atom. The van der Waals surface area contributed by atoms with E-state index in [0.29, 0.717) is 6.61 Å². The number of esters is 1. The fourth-order valence-corrected chi connectivity index (χ4v) is 2.12. The highest BCUT2D eigenvalue weighted by molar-refractivity contribution is 7.59. The molecule has 0 amide bonds. The molecule has 0 spiro atoms. The van der Waals surface area contributed by atoms with Crippen molar-refractivity contribution in [1.29, 1.82) is 5.26 Å². The second-order valence-electron chi connectivity index (χ2n) is 3.47. The predicted molar refractivity (Wildman–Crippen MR) is 58.9 cm³/mol. The number of ether oxygens (including phenoxy) is 1. The van der Waals surface area contributed by atoms with Crippen LogP contribution in [-0.2, 0) is 22.2 Å². The molecule has 1 aliphatic carbocycles. The molecule has 3 nitrogen and oxygen atoms in total. The first-order chi connectivity index (χ1) is 7.20. The smallest absolute Gasteiger partial charge is 0.348 e. The van der Waals surface area contributed by atoms with Gasteiger partial charge in [0.1, 0.15) is 11.6 Å². The van der Waals surface area contributed by atoms with Gasteiger partial charge in [0.05, 0.1) is 6.61 Å². The number of nitrogens with zero attached hydrogens (tertiary/aromatic N) is 1. The van der Waals surface area contributed by atoms with Crippen LogP contribution in [0.5, 0.6) is 0 Å². The van der Waals surface area contributed by atoms with Crippen LogP contribution >= 0.6 is 0 Å². The molecule has 1 rings (SSSR count). The summed E-state index contributed by atoms with van der Waals surface area (Å²) in [6.07, 6.45) is 3.73. The molecule has 15 heavy (non-hydrogen) atoms. The Labute approximate surface area is 95.5 Å². The van der Waals surface area contributed by atoms with E-state index in [2.05, 4.69) is 0 Å². The van der Waals surface area contributed by atoms with Crippen LogP contribution in [-0.4, -0.2) is 17.8 Å². The van der Waals surface area contributed by atoms with Gasteiger partial charge in [-0.1, -0.05) is 18.4 Å². The summed E-state index contributed by atoms with van der Waals surface area (Å²) < 4.78 is 4.83. The molecule has 0 aromatic heterocycles. The van der Waals surface area contributed by atoms with Gasteiger partial charge in [-0.25, -0.2) is 4.79 Å². The van der Waals surface area contributed by atoms with Gasteiger partial charge >= 0.3 is 5.97 Å². The summed E-state index contributed by atoms with van der Waals surface area (Å²) in [6.45, 7) is 2.02. The fourth-order valence-electron chi connectivity index (χ4n) is 1.72. The van der Waals surface area contributed by atoms with Crippen molar-refractivity contribution in [3.63, 3.8) is 0 Å². The standard InChI is InChI=1S/C11H15NO2S/c1-2-14-11(13)9(7-12)8-5-3-4-6-10(8)15/h10,15H,2-6H2,1H3/p-1/b9-8+. The maximum Gasteiger partial charge on any atom is 0.348 e. The molecule has 0 saturated heterocycles. The molecule has 82 valence electrons. The van der Waals surface area contributed by atoms with Crippen molar-refractivity contribution in [2.75, 3.05) is 6.61 Å². The molecule has 1 unspecified atom stereocenters. The average Bonchev–Trinajstić information content (AvgIpc) is 2.22. The summed E-state index contributed by atoms with van der Waals surface area (Å²) in [5.74, 6) is -0.522. The zero-order chi connectivity index (χ0) is 11.3. The number of nitriles is 1. The van der Waals surface area contributed by atoms with Gasteiger partial charge in [0.15, 0.2) is 0 Å². The zero-order valence-corrected chi connectivity index (χ0v) is 9.60. The van der Waals surface area contributed by atoms with Gasteiger partial charge in [-0.15, -0.1) is 5.25 Å². The number of hydrogen-bond donors (Lipinski definition) is 0. The molecule has 4 heteroatoms. The van der Waals surface area contributed by atoms with Crippen LogP contribution in [0.1, 0.15) is 32.6 Å². The molecular formula is C11H14NO2S-. The van der Waals surface area contributed by atoms with Crippen molar-refractivity contribution < 1.29 is 9.53 Å². The topological polar surface area (TPSA) is 50.1 Å². The molecule has 1 saturated carbocycles. The van der Waals surface area contributed by atoms with Gasteiger partial charge in [-0.3, -0.25) is 0 Å². The molecule has 1 fully saturated rings. The molecule has 1 atom stereocenters. The number of rotatable bonds is 2. The third-order valence-corrected chi connectivity index (χ3v) is 2.98. The molecule has 0 heterocycles. The first-order valence-corrected chi connectivity index (χ1v) is 5.64. The van der Waals surface area contributed by atoms with Crippen molar-refractivity contribution in [2.24, 2.45) is 0 Å². The van der Waals surface area contributed by atoms with Crippen LogP contribution in [0.15, 0.2) is 11.1 Å².